The van der Waals surface area contributed by atoms with Crippen molar-refractivity contribution < 1.29 is 27.6 Å². The third-order valence-corrected chi connectivity index (χ3v) is 7.16. The van der Waals surface area contributed by atoms with Crippen molar-refractivity contribution in [2.45, 2.75) is 24.7 Å². The second-order valence-corrected chi connectivity index (χ2v) is 9.40. The highest BCUT2D eigenvalue weighted by Crippen LogP contribution is 2.25. The number of hydroxylamine groups is 2. The lowest BCUT2D eigenvalue weighted by molar-refractivity contribution is -0.0584. The zero-order valence-electron chi connectivity index (χ0n) is 16.3. The van der Waals surface area contributed by atoms with Gasteiger partial charge in [-0.3, -0.25) is 9.59 Å². The number of nitrogens with zero attached hydrogens (tertiary/aromatic N) is 2. The van der Waals surface area contributed by atoms with Gasteiger partial charge >= 0.3 is 5.97 Å². The number of sulfonamides is 1. The molecule has 1 atom stereocenters. The number of carbonyl (C=O) groups is 3. The van der Waals surface area contributed by atoms with Gasteiger partial charge in [0.2, 0.25) is 10.0 Å². The fourth-order valence-electron chi connectivity index (χ4n) is 3.66. The van der Waals surface area contributed by atoms with Crippen LogP contribution in [-0.4, -0.2) is 48.7 Å². The Kier molecular flexibility index (Phi) is 5.17. The molecule has 2 aliphatic rings. The molecule has 0 radical (unpaired) electrons. The van der Waals surface area contributed by atoms with E-state index in [1.54, 1.807) is 12.1 Å². The third-order valence-electron chi connectivity index (χ3n) is 5.28. The van der Waals surface area contributed by atoms with Gasteiger partial charge in [0.05, 0.1) is 21.6 Å². The van der Waals surface area contributed by atoms with Gasteiger partial charge in [-0.15, -0.1) is 0 Å². The van der Waals surface area contributed by atoms with E-state index in [4.69, 9.17) is 4.84 Å². The summed E-state index contributed by atoms with van der Waals surface area (Å²) in [6.45, 7) is 2.95. The van der Waals surface area contributed by atoms with Gasteiger partial charge in [-0.05, 0) is 55.2 Å². The summed E-state index contributed by atoms with van der Waals surface area (Å²) in [5.74, 6) is -2.08. The van der Waals surface area contributed by atoms with E-state index in [0.717, 1.165) is 12.8 Å². The summed E-state index contributed by atoms with van der Waals surface area (Å²) < 4.78 is 27.1. The minimum atomic E-state index is -3.65. The Hall–Kier alpha value is -3.04. The second kappa shape index (κ2) is 7.66. The van der Waals surface area contributed by atoms with Crippen LogP contribution in [0.25, 0.3) is 0 Å². The molecule has 0 spiro atoms. The first-order valence-corrected chi connectivity index (χ1v) is 11.0. The molecule has 8 nitrogen and oxygen atoms in total. The first kappa shape index (κ1) is 20.2. The van der Waals surface area contributed by atoms with E-state index in [9.17, 15) is 22.8 Å². The Labute approximate surface area is 174 Å². The highest BCUT2D eigenvalue weighted by Gasteiger charge is 2.39. The number of rotatable bonds is 4. The third kappa shape index (κ3) is 3.50. The fourth-order valence-corrected chi connectivity index (χ4v) is 5.26. The summed E-state index contributed by atoms with van der Waals surface area (Å²) in [5, 5.41) is 0.423. The van der Waals surface area contributed by atoms with E-state index in [1.807, 2.05) is 6.92 Å². The second-order valence-electron chi connectivity index (χ2n) is 7.46. The maximum Gasteiger partial charge on any atom is 0.363 e. The minimum absolute atomic E-state index is 0.0255. The van der Waals surface area contributed by atoms with Gasteiger partial charge in [-0.1, -0.05) is 24.1 Å². The molecule has 30 heavy (non-hydrogen) atoms. The number of amides is 2. The molecule has 0 N–H and O–H groups in total. The van der Waals surface area contributed by atoms with Crippen molar-refractivity contribution in [3.05, 3.63) is 65.2 Å². The molecule has 2 aliphatic heterocycles. The number of fused-ring (bicyclic) bond motifs is 1. The van der Waals surface area contributed by atoms with Crippen LogP contribution in [0.15, 0.2) is 53.4 Å². The van der Waals surface area contributed by atoms with Gasteiger partial charge in [0.15, 0.2) is 0 Å². The van der Waals surface area contributed by atoms with Gasteiger partial charge in [0.25, 0.3) is 11.8 Å². The molecule has 0 bridgehead atoms. The Balaban J connectivity index is 1.49. The van der Waals surface area contributed by atoms with Crippen LogP contribution in [0, 0.1) is 5.92 Å². The number of hydrogen-bond acceptors (Lipinski definition) is 6. The average Bonchev–Trinajstić information content (AvgIpc) is 2.99. The largest absolute Gasteiger partial charge is 0.363 e. The van der Waals surface area contributed by atoms with Crippen LogP contribution in [0.4, 0.5) is 0 Å². The molecule has 1 saturated heterocycles. The van der Waals surface area contributed by atoms with E-state index in [2.05, 4.69) is 0 Å². The summed E-state index contributed by atoms with van der Waals surface area (Å²) >= 11 is 0. The van der Waals surface area contributed by atoms with Crippen molar-refractivity contribution in [2.75, 3.05) is 13.1 Å². The SMILES string of the molecule is CC1CCCN(S(=O)(=O)c2ccc(C(=O)ON3C(=O)c4ccccc4C3=O)cc2)C1. The lowest BCUT2D eigenvalue weighted by Crippen LogP contribution is -2.39. The van der Waals surface area contributed by atoms with Crippen LogP contribution in [0.5, 0.6) is 0 Å². The zero-order chi connectivity index (χ0) is 21.5. The van der Waals surface area contributed by atoms with Gasteiger partial charge in [0.1, 0.15) is 0 Å². The highest BCUT2D eigenvalue weighted by atomic mass is 32.2. The maximum atomic E-state index is 12.8. The summed E-state index contributed by atoms with van der Waals surface area (Å²) in [6, 6.07) is 11.4. The smallest absolute Gasteiger partial charge is 0.324 e. The lowest BCUT2D eigenvalue weighted by atomic mass is 10.0. The molecular formula is C21H20N2O6S. The molecule has 2 aromatic rings. The molecular weight excluding hydrogens is 408 g/mol. The number of carbonyl (C=O) groups excluding carboxylic acids is 3. The predicted molar refractivity (Wildman–Crippen MR) is 106 cm³/mol. The van der Waals surface area contributed by atoms with Crippen molar-refractivity contribution in [3.63, 3.8) is 0 Å². The van der Waals surface area contributed by atoms with Crippen LogP contribution in [0.2, 0.25) is 0 Å². The van der Waals surface area contributed by atoms with Gasteiger partial charge < -0.3 is 4.84 Å². The molecule has 156 valence electrons. The summed E-state index contributed by atoms with van der Waals surface area (Å²) in [5.41, 5.74) is 0.345. The highest BCUT2D eigenvalue weighted by molar-refractivity contribution is 7.89. The molecule has 2 aromatic carbocycles. The molecule has 2 amide bonds. The Morgan fingerprint density at radius 1 is 1.00 bits per heavy atom. The van der Waals surface area contributed by atoms with Crippen LogP contribution >= 0.6 is 0 Å². The van der Waals surface area contributed by atoms with E-state index in [1.165, 1.54) is 40.7 Å². The standard InChI is InChI=1S/C21H20N2O6S/c1-14-5-4-12-22(13-14)30(27,28)16-10-8-15(9-11-16)21(26)29-23-19(24)17-6-2-3-7-18(17)20(23)25/h2-3,6-11,14H,4-5,12-13H2,1H3. The van der Waals surface area contributed by atoms with Gasteiger partial charge in [-0.25, -0.2) is 13.2 Å². The van der Waals surface area contributed by atoms with Crippen molar-refractivity contribution in [1.82, 2.24) is 9.37 Å². The molecule has 2 heterocycles. The maximum absolute atomic E-state index is 12.8. The van der Waals surface area contributed by atoms with Crippen molar-refractivity contribution >= 4 is 27.8 Å². The Morgan fingerprint density at radius 3 is 2.17 bits per heavy atom. The van der Waals surface area contributed by atoms with Crippen LogP contribution < -0.4 is 0 Å². The predicted octanol–water partition coefficient (Wildman–Crippen LogP) is 2.48. The number of hydrogen-bond donors (Lipinski definition) is 0. The molecule has 0 aliphatic carbocycles. The number of imide groups is 1. The molecule has 1 unspecified atom stereocenters. The van der Waals surface area contributed by atoms with E-state index < -0.39 is 27.8 Å². The fraction of sp³-hybridized carbons (Fsp3) is 0.286. The van der Waals surface area contributed by atoms with Crippen LogP contribution in [-0.2, 0) is 14.9 Å². The van der Waals surface area contributed by atoms with Gasteiger partial charge in [-0.2, -0.15) is 4.31 Å². The average molecular weight is 428 g/mol. The lowest BCUT2D eigenvalue weighted by Gasteiger charge is -2.30. The zero-order valence-corrected chi connectivity index (χ0v) is 17.1. The first-order chi connectivity index (χ1) is 14.3. The molecule has 0 saturated carbocycles. The normalized spacial score (nSPS) is 19.6. The van der Waals surface area contributed by atoms with Crippen LogP contribution in [0.3, 0.4) is 0 Å². The van der Waals surface area contributed by atoms with E-state index in [-0.39, 0.29) is 21.6 Å². The van der Waals surface area contributed by atoms with Crippen LogP contribution in [0.1, 0.15) is 50.8 Å². The van der Waals surface area contributed by atoms with E-state index >= 15 is 0 Å². The minimum Gasteiger partial charge on any atom is -0.324 e. The first-order valence-electron chi connectivity index (χ1n) is 9.59. The summed E-state index contributed by atoms with van der Waals surface area (Å²) in [7, 11) is -3.65. The molecule has 1 fully saturated rings. The summed E-state index contributed by atoms with van der Waals surface area (Å²) in [6.07, 6.45) is 1.81. The Morgan fingerprint density at radius 2 is 1.60 bits per heavy atom. The van der Waals surface area contributed by atoms with Crippen molar-refractivity contribution in [2.24, 2.45) is 5.92 Å². The number of piperidine rings is 1. The number of benzene rings is 2. The topological polar surface area (TPSA) is 101 Å². The van der Waals surface area contributed by atoms with Gasteiger partial charge in [0, 0.05) is 13.1 Å². The van der Waals surface area contributed by atoms with Crippen molar-refractivity contribution in [3.8, 4) is 0 Å². The molecule has 9 heteroatoms. The molecule has 0 aromatic heterocycles. The molecule has 4 rings (SSSR count). The van der Waals surface area contributed by atoms with Crippen molar-refractivity contribution in [1.29, 1.82) is 0 Å². The monoisotopic (exact) mass is 428 g/mol. The van der Waals surface area contributed by atoms with E-state index in [0.29, 0.717) is 24.1 Å². The summed E-state index contributed by atoms with van der Waals surface area (Å²) in [4.78, 5) is 42.1. The Bertz CT molecular complexity index is 1090. The quantitative estimate of drug-likeness (QED) is 0.694.